The summed E-state index contributed by atoms with van der Waals surface area (Å²) in [5.41, 5.74) is 10.9. The van der Waals surface area contributed by atoms with Gasteiger partial charge >= 0.3 is 0 Å². The molecule has 5 nitrogen and oxygen atoms in total. The van der Waals surface area contributed by atoms with E-state index in [1.165, 1.54) is 0 Å². The summed E-state index contributed by atoms with van der Waals surface area (Å²) < 4.78 is 0. The summed E-state index contributed by atoms with van der Waals surface area (Å²) in [7, 11) is 0. The molecule has 0 atom stereocenters. The van der Waals surface area contributed by atoms with E-state index in [4.69, 9.17) is 11.5 Å². The summed E-state index contributed by atoms with van der Waals surface area (Å²) in [4.78, 5) is 15.1. The smallest absolute Gasteiger partial charge is 0.224 e. The summed E-state index contributed by atoms with van der Waals surface area (Å²) in [6.45, 7) is 3.94. The molecule has 0 unspecified atom stereocenters. The molecule has 15 heavy (non-hydrogen) atoms. The van der Waals surface area contributed by atoms with Gasteiger partial charge in [0.05, 0.1) is 11.1 Å². The zero-order valence-electron chi connectivity index (χ0n) is 8.95. The Morgan fingerprint density at radius 2 is 2.27 bits per heavy atom. The zero-order valence-corrected chi connectivity index (χ0v) is 8.95. The highest BCUT2D eigenvalue weighted by molar-refractivity contribution is 5.80. The number of primary amides is 1. The number of nitrogens with one attached hydrogen (secondary N) is 1. The fraction of sp³-hybridized carbons (Fsp3) is 0.400. The maximum atomic E-state index is 11.1. The van der Waals surface area contributed by atoms with Gasteiger partial charge < -0.3 is 16.8 Å². The van der Waals surface area contributed by atoms with Crippen molar-refractivity contribution in [3.05, 3.63) is 18.3 Å². The van der Waals surface area contributed by atoms with Gasteiger partial charge in [0.25, 0.3) is 0 Å². The maximum absolute atomic E-state index is 11.1. The average Bonchev–Trinajstić information content (AvgIpc) is 2.16. The molecule has 0 radical (unpaired) electrons. The molecule has 0 fully saturated rings. The van der Waals surface area contributed by atoms with E-state index in [0.717, 1.165) is 0 Å². The van der Waals surface area contributed by atoms with E-state index in [2.05, 4.69) is 10.3 Å². The van der Waals surface area contributed by atoms with Gasteiger partial charge in [-0.15, -0.1) is 0 Å². The lowest BCUT2D eigenvalue weighted by Crippen LogP contribution is -2.37. The van der Waals surface area contributed by atoms with E-state index in [0.29, 0.717) is 18.1 Å². The third kappa shape index (κ3) is 2.83. The van der Waals surface area contributed by atoms with Crippen LogP contribution in [0.3, 0.4) is 0 Å². The van der Waals surface area contributed by atoms with Crippen LogP contribution in [0.25, 0.3) is 0 Å². The Labute approximate surface area is 88.9 Å². The van der Waals surface area contributed by atoms with E-state index >= 15 is 0 Å². The molecule has 1 amide bonds. The van der Waals surface area contributed by atoms with Crippen LogP contribution in [-0.4, -0.2) is 17.4 Å². The van der Waals surface area contributed by atoms with Crippen molar-refractivity contribution in [2.75, 3.05) is 17.6 Å². The topological polar surface area (TPSA) is 94.0 Å². The van der Waals surface area contributed by atoms with Crippen LogP contribution in [0.5, 0.6) is 0 Å². The lowest BCUT2D eigenvalue weighted by Gasteiger charge is -2.21. The Morgan fingerprint density at radius 3 is 2.80 bits per heavy atom. The predicted molar refractivity (Wildman–Crippen MR) is 60.1 cm³/mol. The van der Waals surface area contributed by atoms with Gasteiger partial charge in [-0.05, 0) is 26.0 Å². The molecule has 0 saturated heterocycles. The molecule has 0 aliphatic rings. The van der Waals surface area contributed by atoms with Crippen molar-refractivity contribution >= 4 is 17.4 Å². The average molecular weight is 208 g/mol. The van der Waals surface area contributed by atoms with E-state index in [1.54, 1.807) is 32.2 Å². The fourth-order valence-electron chi connectivity index (χ4n) is 0.957. The number of nitrogen functional groups attached to an aromatic ring is 1. The van der Waals surface area contributed by atoms with Crippen molar-refractivity contribution in [2.45, 2.75) is 13.8 Å². The molecule has 1 aromatic heterocycles. The molecule has 0 aliphatic carbocycles. The van der Waals surface area contributed by atoms with E-state index < -0.39 is 5.41 Å². The van der Waals surface area contributed by atoms with Gasteiger partial charge in [-0.2, -0.15) is 0 Å². The molecular formula is C10H16N4O. The molecular weight excluding hydrogens is 192 g/mol. The third-order valence-corrected chi connectivity index (χ3v) is 2.20. The van der Waals surface area contributed by atoms with Crippen LogP contribution in [0.1, 0.15) is 13.8 Å². The van der Waals surface area contributed by atoms with Crippen molar-refractivity contribution in [1.82, 2.24) is 4.98 Å². The van der Waals surface area contributed by atoms with Crippen LogP contribution in [0.4, 0.5) is 11.5 Å². The number of aromatic nitrogens is 1. The van der Waals surface area contributed by atoms with Crippen molar-refractivity contribution in [2.24, 2.45) is 11.1 Å². The highest BCUT2D eigenvalue weighted by atomic mass is 16.1. The standard InChI is InChI=1S/C10H16N4O/c1-10(2,9(12)15)6-14-8-7(11)4-3-5-13-8/h3-5H,6,11H2,1-2H3,(H2,12,15)(H,13,14). The number of nitrogens with zero attached hydrogens (tertiary/aromatic N) is 1. The second-order valence-corrected chi connectivity index (χ2v) is 4.04. The first-order valence-electron chi connectivity index (χ1n) is 4.68. The number of hydrogen-bond donors (Lipinski definition) is 3. The largest absolute Gasteiger partial charge is 0.396 e. The molecule has 1 heterocycles. The predicted octanol–water partition coefficient (Wildman–Crippen LogP) is 0.587. The lowest BCUT2D eigenvalue weighted by atomic mass is 9.93. The summed E-state index contributed by atoms with van der Waals surface area (Å²) >= 11 is 0. The molecule has 1 rings (SSSR count). The minimum absolute atomic E-state index is 0.357. The number of anilines is 2. The first-order chi connectivity index (χ1) is 6.93. The minimum atomic E-state index is -0.621. The van der Waals surface area contributed by atoms with Gasteiger partial charge in [0, 0.05) is 12.7 Å². The normalized spacial score (nSPS) is 11.1. The second-order valence-electron chi connectivity index (χ2n) is 4.04. The van der Waals surface area contributed by atoms with Crippen molar-refractivity contribution in [1.29, 1.82) is 0 Å². The highest BCUT2D eigenvalue weighted by Crippen LogP contribution is 2.18. The van der Waals surface area contributed by atoms with E-state index in [1.807, 2.05) is 0 Å². The van der Waals surface area contributed by atoms with Crippen LogP contribution in [0, 0.1) is 5.41 Å². The molecule has 5 heteroatoms. The van der Waals surface area contributed by atoms with Crippen molar-refractivity contribution in [3.63, 3.8) is 0 Å². The van der Waals surface area contributed by atoms with Crippen LogP contribution < -0.4 is 16.8 Å². The van der Waals surface area contributed by atoms with Gasteiger partial charge in [0.2, 0.25) is 5.91 Å². The Kier molecular flexibility index (Phi) is 3.14. The molecule has 0 spiro atoms. The first kappa shape index (κ1) is 11.3. The van der Waals surface area contributed by atoms with Gasteiger partial charge in [-0.1, -0.05) is 0 Å². The molecule has 82 valence electrons. The molecule has 1 aromatic rings. The Morgan fingerprint density at radius 1 is 1.60 bits per heavy atom. The maximum Gasteiger partial charge on any atom is 0.224 e. The summed E-state index contributed by atoms with van der Waals surface area (Å²) in [5, 5.41) is 3.00. The molecule has 5 N–H and O–H groups in total. The summed E-state index contributed by atoms with van der Waals surface area (Å²) in [6, 6.07) is 3.49. The monoisotopic (exact) mass is 208 g/mol. The fourth-order valence-corrected chi connectivity index (χ4v) is 0.957. The molecule has 0 aromatic carbocycles. The van der Waals surface area contributed by atoms with Gasteiger partial charge in [-0.25, -0.2) is 4.98 Å². The number of amides is 1. The van der Waals surface area contributed by atoms with E-state index in [-0.39, 0.29) is 5.91 Å². The minimum Gasteiger partial charge on any atom is -0.396 e. The van der Waals surface area contributed by atoms with Crippen molar-refractivity contribution < 1.29 is 4.79 Å². The van der Waals surface area contributed by atoms with Crippen LogP contribution >= 0.6 is 0 Å². The zero-order chi connectivity index (χ0) is 11.5. The summed E-state index contributed by atoms with van der Waals surface area (Å²) in [5.74, 6) is 0.219. The number of pyridine rings is 1. The molecule has 0 bridgehead atoms. The van der Waals surface area contributed by atoms with Crippen LogP contribution in [0.2, 0.25) is 0 Å². The summed E-state index contributed by atoms with van der Waals surface area (Å²) in [6.07, 6.45) is 1.63. The second kappa shape index (κ2) is 4.16. The lowest BCUT2D eigenvalue weighted by molar-refractivity contribution is -0.125. The van der Waals surface area contributed by atoms with Crippen LogP contribution in [0.15, 0.2) is 18.3 Å². The molecule has 0 saturated carbocycles. The van der Waals surface area contributed by atoms with Gasteiger partial charge in [0.15, 0.2) is 0 Å². The highest BCUT2D eigenvalue weighted by Gasteiger charge is 2.24. The molecule has 0 aliphatic heterocycles. The van der Waals surface area contributed by atoms with Crippen molar-refractivity contribution in [3.8, 4) is 0 Å². The number of carbonyl (C=O) groups excluding carboxylic acids is 1. The Hall–Kier alpha value is -1.78. The number of carbonyl (C=O) groups is 1. The number of nitrogens with two attached hydrogens (primary N) is 2. The number of rotatable bonds is 4. The quantitative estimate of drug-likeness (QED) is 0.675. The van der Waals surface area contributed by atoms with Gasteiger partial charge in [-0.3, -0.25) is 4.79 Å². The first-order valence-corrected chi connectivity index (χ1v) is 4.68. The number of hydrogen-bond acceptors (Lipinski definition) is 4. The SMILES string of the molecule is CC(C)(CNc1ncccc1N)C(N)=O. The Bertz CT molecular complexity index is 362. The Balaban J connectivity index is 2.66. The third-order valence-electron chi connectivity index (χ3n) is 2.20. The van der Waals surface area contributed by atoms with Gasteiger partial charge in [0.1, 0.15) is 5.82 Å². The van der Waals surface area contributed by atoms with E-state index in [9.17, 15) is 4.79 Å². The van der Waals surface area contributed by atoms with Crippen LogP contribution in [-0.2, 0) is 4.79 Å².